The number of hydrogen-bond donors (Lipinski definition) is 0. The van der Waals surface area contributed by atoms with E-state index in [4.69, 9.17) is 4.42 Å². The third-order valence-corrected chi connectivity index (χ3v) is 7.12. The highest BCUT2D eigenvalue weighted by atomic mass is 32.2. The van der Waals surface area contributed by atoms with Crippen LogP contribution < -0.4 is 0 Å². The zero-order chi connectivity index (χ0) is 18.7. The first-order valence-electron chi connectivity index (χ1n) is 9.28. The summed E-state index contributed by atoms with van der Waals surface area (Å²) in [7, 11) is -3.42. The summed E-state index contributed by atoms with van der Waals surface area (Å²) in [4.78, 5) is 2.62. The minimum Gasteiger partial charge on any atom is -0.465 e. The first-order valence-corrected chi connectivity index (χ1v) is 10.7. The van der Waals surface area contributed by atoms with E-state index in [0.717, 1.165) is 24.5 Å². The zero-order valence-electron chi connectivity index (χ0n) is 15.8. The second-order valence-corrected chi connectivity index (χ2v) is 9.01. The van der Waals surface area contributed by atoms with Crippen molar-refractivity contribution in [3.63, 3.8) is 0 Å². The molecule has 0 saturated carbocycles. The molecule has 3 rings (SSSR count). The second kappa shape index (κ2) is 7.94. The van der Waals surface area contributed by atoms with Crippen LogP contribution in [0.4, 0.5) is 0 Å². The van der Waals surface area contributed by atoms with Crippen molar-refractivity contribution in [3.8, 4) is 0 Å². The van der Waals surface area contributed by atoms with Crippen molar-refractivity contribution >= 4 is 10.0 Å². The lowest BCUT2D eigenvalue weighted by atomic mass is 9.99. The largest absolute Gasteiger partial charge is 0.465 e. The van der Waals surface area contributed by atoms with Gasteiger partial charge >= 0.3 is 0 Å². The number of sulfonamides is 1. The van der Waals surface area contributed by atoms with Gasteiger partial charge in [0.1, 0.15) is 11.5 Å². The molecule has 0 radical (unpaired) electrons. The molecule has 26 heavy (non-hydrogen) atoms. The minimum atomic E-state index is -3.42. The molecule has 6 heteroatoms. The molecule has 1 atom stereocenters. The van der Waals surface area contributed by atoms with Gasteiger partial charge in [0.25, 0.3) is 0 Å². The molecule has 1 fully saturated rings. The van der Waals surface area contributed by atoms with Gasteiger partial charge in [0, 0.05) is 26.2 Å². The van der Waals surface area contributed by atoms with Gasteiger partial charge in [0.2, 0.25) is 10.0 Å². The molecular weight excluding hydrogens is 348 g/mol. The van der Waals surface area contributed by atoms with Gasteiger partial charge in [-0.05, 0) is 49.1 Å². The Labute approximate surface area is 156 Å². The highest BCUT2D eigenvalue weighted by molar-refractivity contribution is 7.89. The van der Waals surface area contributed by atoms with E-state index < -0.39 is 10.0 Å². The predicted molar refractivity (Wildman–Crippen MR) is 103 cm³/mol. The lowest BCUT2D eigenvalue weighted by Gasteiger charge is -2.33. The van der Waals surface area contributed by atoms with Crippen molar-refractivity contribution in [1.82, 2.24) is 9.21 Å². The lowest BCUT2D eigenvalue weighted by molar-refractivity contribution is 0.170. The Hall–Kier alpha value is -1.63. The van der Waals surface area contributed by atoms with E-state index in [1.54, 1.807) is 16.4 Å². The van der Waals surface area contributed by atoms with Crippen molar-refractivity contribution in [2.75, 3.05) is 26.2 Å². The summed E-state index contributed by atoms with van der Waals surface area (Å²) in [5, 5.41) is 0. The lowest BCUT2D eigenvalue weighted by Crippen LogP contribution is -2.48. The summed E-state index contributed by atoms with van der Waals surface area (Å²) in [5.41, 5.74) is 1.19. The van der Waals surface area contributed by atoms with Crippen LogP contribution in [0, 0.1) is 6.92 Å². The molecular formula is C20H28N2O3S. The molecule has 5 nitrogen and oxygen atoms in total. The maximum absolute atomic E-state index is 12.9. The quantitative estimate of drug-likeness (QED) is 0.773. The fourth-order valence-corrected chi connectivity index (χ4v) is 4.69. The minimum absolute atomic E-state index is 0.389. The van der Waals surface area contributed by atoms with Crippen LogP contribution >= 0.6 is 0 Å². The molecule has 1 aromatic carbocycles. The van der Waals surface area contributed by atoms with E-state index in [-0.39, 0.29) is 0 Å². The average Bonchev–Trinajstić information content (AvgIpc) is 3.06. The number of furan rings is 1. The Morgan fingerprint density at radius 3 is 2.23 bits per heavy atom. The number of benzene rings is 1. The fraction of sp³-hybridized carbons (Fsp3) is 0.500. The fourth-order valence-electron chi connectivity index (χ4n) is 3.27. The number of nitrogens with zero attached hydrogens (tertiary/aromatic N) is 2. The average molecular weight is 377 g/mol. The predicted octanol–water partition coefficient (Wildman–Crippen LogP) is 3.61. The van der Waals surface area contributed by atoms with Crippen molar-refractivity contribution in [3.05, 3.63) is 53.5 Å². The molecule has 0 amide bonds. The van der Waals surface area contributed by atoms with Gasteiger partial charge in [-0.2, -0.15) is 4.31 Å². The van der Waals surface area contributed by atoms with E-state index in [1.807, 2.05) is 31.2 Å². The van der Waals surface area contributed by atoms with Crippen LogP contribution in [0.25, 0.3) is 0 Å². The summed E-state index contributed by atoms with van der Waals surface area (Å²) in [6.07, 6.45) is 1.04. The molecule has 1 unspecified atom stereocenters. The molecule has 1 saturated heterocycles. The maximum Gasteiger partial charge on any atom is 0.243 e. The Morgan fingerprint density at radius 2 is 1.69 bits per heavy atom. The van der Waals surface area contributed by atoms with Crippen LogP contribution in [0.5, 0.6) is 0 Å². The number of rotatable bonds is 6. The van der Waals surface area contributed by atoms with E-state index in [1.165, 1.54) is 5.56 Å². The van der Waals surface area contributed by atoms with Gasteiger partial charge in [0.15, 0.2) is 0 Å². The first-order chi connectivity index (χ1) is 12.4. The summed E-state index contributed by atoms with van der Waals surface area (Å²) in [6.45, 7) is 9.39. The molecule has 0 bridgehead atoms. The molecule has 1 aliphatic heterocycles. The van der Waals surface area contributed by atoms with Gasteiger partial charge in [-0.25, -0.2) is 8.42 Å². The molecule has 0 N–H and O–H groups in total. The molecule has 0 aliphatic carbocycles. The Kier molecular flexibility index (Phi) is 5.85. The topological polar surface area (TPSA) is 53.8 Å². The van der Waals surface area contributed by atoms with Crippen molar-refractivity contribution in [2.45, 2.75) is 44.6 Å². The van der Waals surface area contributed by atoms with Crippen LogP contribution in [0.2, 0.25) is 0 Å². The maximum atomic E-state index is 12.9. The highest BCUT2D eigenvalue weighted by Gasteiger charge is 2.28. The highest BCUT2D eigenvalue weighted by Crippen LogP contribution is 2.23. The van der Waals surface area contributed by atoms with Gasteiger partial charge in [-0.3, -0.25) is 4.90 Å². The molecule has 0 spiro atoms. The molecule has 2 aromatic rings. The molecule has 1 aromatic heterocycles. The monoisotopic (exact) mass is 376 g/mol. The van der Waals surface area contributed by atoms with Crippen LogP contribution in [0.1, 0.15) is 43.3 Å². The third kappa shape index (κ3) is 4.19. The van der Waals surface area contributed by atoms with Crippen molar-refractivity contribution in [1.29, 1.82) is 0 Å². The van der Waals surface area contributed by atoms with Crippen LogP contribution in [-0.4, -0.2) is 43.8 Å². The Bertz CT molecular complexity index is 819. The third-order valence-electron chi connectivity index (χ3n) is 5.21. The smallest absolute Gasteiger partial charge is 0.243 e. The van der Waals surface area contributed by atoms with E-state index in [2.05, 4.69) is 18.7 Å². The number of piperazine rings is 1. The normalized spacial score (nSPS) is 18.1. The number of hydrogen-bond acceptors (Lipinski definition) is 4. The van der Waals surface area contributed by atoms with E-state index >= 15 is 0 Å². The Balaban J connectivity index is 1.62. The van der Waals surface area contributed by atoms with Crippen LogP contribution in [0.3, 0.4) is 0 Å². The van der Waals surface area contributed by atoms with E-state index in [0.29, 0.717) is 37.0 Å². The number of aryl methyl sites for hydroxylation is 1. The van der Waals surface area contributed by atoms with Gasteiger partial charge in [0.05, 0.1) is 11.4 Å². The summed E-state index contributed by atoms with van der Waals surface area (Å²) < 4.78 is 33.0. The second-order valence-electron chi connectivity index (χ2n) is 7.07. The SMILES string of the molecule is CCC(C)c1ccc(S(=O)(=O)N2CCN(Cc3ccc(C)o3)CC2)cc1. The summed E-state index contributed by atoms with van der Waals surface area (Å²) in [5.74, 6) is 2.28. The standard InChI is InChI=1S/C20H28N2O3S/c1-4-16(2)18-6-9-20(10-7-18)26(23,24)22-13-11-21(12-14-22)15-19-8-5-17(3)25-19/h5-10,16H,4,11-15H2,1-3H3. The summed E-state index contributed by atoms with van der Waals surface area (Å²) in [6, 6.07) is 11.3. The van der Waals surface area contributed by atoms with Gasteiger partial charge in [-0.15, -0.1) is 0 Å². The summed E-state index contributed by atoms with van der Waals surface area (Å²) >= 11 is 0. The Morgan fingerprint density at radius 1 is 1.04 bits per heavy atom. The molecule has 142 valence electrons. The molecule has 1 aliphatic rings. The van der Waals surface area contributed by atoms with Crippen molar-refractivity contribution < 1.29 is 12.8 Å². The van der Waals surface area contributed by atoms with Crippen LogP contribution in [0.15, 0.2) is 45.7 Å². The van der Waals surface area contributed by atoms with Gasteiger partial charge < -0.3 is 4.42 Å². The van der Waals surface area contributed by atoms with Crippen molar-refractivity contribution in [2.24, 2.45) is 0 Å². The molecule has 2 heterocycles. The van der Waals surface area contributed by atoms with Crippen LogP contribution in [-0.2, 0) is 16.6 Å². The zero-order valence-corrected chi connectivity index (χ0v) is 16.6. The first kappa shape index (κ1) is 19.1. The van der Waals surface area contributed by atoms with Gasteiger partial charge in [-0.1, -0.05) is 26.0 Å². The van der Waals surface area contributed by atoms with E-state index in [9.17, 15) is 8.42 Å².